The fourth-order valence-corrected chi connectivity index (χ4v) is 2.84. The Morgan fingerprint density at radius 2 is 1.83 bits per heavy atom. The van der Waals surface area contributed by atoms with Crippen LogP contribution in [0.15, 0.2) is 24.3 Å². The highest BCUT2D eigenvalue weighted by Crippen LogP contribution is 2.17. The lowest BCUT2D eigenvalue weighted by molar-refractivity contribution is 0.102. The Labute approximate surface area is 139 Å². The van der Waals surface area contributed by atoms with Gasteiger partial charge in [0.2, 0.25) is 0 Å². The molecule has 2 amide bonds. The lowest BCUT2D eigenvalue weighted by Crippen LogP contribution is -2.42. The maximum absolute atomic E-state index is 11.9. The number of urea groups is 1. The van der Waals surface area contributed by atoms with Crippen molar-refractivity contribution in [3.63, 3.8) is 0 Å². The van der Waals surface area contributed by atoms with Crippen LogP contribution in [0.25, 0.3) is 0 Å². The molecule has 0 spiro atoms. The summed E-state index contributed by atoms with van der Waals surface area (Å²) in [5.74, 6) is 0.475. The predicted molar refractivity (Wildman–Crippen MR) is 93.9 cm³/mol. The van der Waals surface area contributed by atoms with Crippen molar-refractivity contribution in [2.45, 2.75) is 45.1 Å². The quantitative estimate of drug-likeness (QED) is 0.755. The van der Waals surface area contributed by atoms with Crippen LogP contribution in [0, 0.1) is 0 Å². The maximum Gasteiger partial charge on any atom is 0.319 e. The largest absolute Gasteiger partial charge is 0.390 e. The third-order valence-corrected chi connectivity index (χ3v) is 4.25. The zero-order valence-corrected chi connectivity index (χ0v) is 14.2. The van der Waals surface area contributed by atoms with Crippen molar-refractivity contribution in [1.29, 1.82) is 0 Å². The van der Waals surface area contributed by atoms with Gasteiger partial charge in [0.1, 0.15) is 0 Å². The monoisotopic (exact) mass is 319 g/mol. The first-order valence-electron chi connectivity index (χ1n) is 8.60. The van der Waals surface area contributed by atoms with Gasteiger partial charge in [-0.25, -0.2) is 4.79 Å². The van der Waals surface area contributed by atoms with Gasteiger partial charge in [-0.3, -0.25) is 0 Å². The van der Waals surface area contributed by atoms with Gasteiger partial charge < -0.3 is 20.6 Å². The second-order valence-corrected chi connectivity index (χ2v) is 6.63. The molecule has 0 radical (unpaired) electrons. The number of likely N-dealkylation sites (tertiary alicyclic amines) is 1. The van der Waals surface area contributed by atoms with Crippen LogP contribution in [0.3, 0.4) is 0 Å². The molecule has 23 heavy (non-hydrogen) atoms. The third kappa shape index (κ3) is 6.20. The van der Waals surface area contributed by atoms with E-state index in [0.717, 1.165) is 18.8 Å². The van der Waals surface area contributed by atoms with E-state index in [-0.39, 0.29) is 12.6 Å². The summed E-state index contributed by atoms with van der Waals surface area (Å²) in [5.41, 5.74) is 2.00. The van der Waals surface area contributed by atoms with Crippen molar-refractivity contribution in [1.82, 2.24) is 10.2 Å². The molecule has 0 saturated carbocycles. The molecule has 128 valence electrons. The molecule has 3 N–H and O–H groups in total. The van der Waals surface area contributed by atoms with Crippen LogP contribution in [0.1, 0.15) is 44.6 Å². The molecule has 2 rings (SSSR count). The fraction of sp³-hybridized carbons (Fsp3) is 0.611. The van der Waals surface area contributed by atoms with Crippen molar-refractivity contribution in [3.05, 3.63) is 29.8 Å². The van der Waals surface area contributed by atoms with Crippen LogP contribution in [-0.2, 0) is 0 Å². The number of aliphatic hydroxyl groups excluding tert-OH is 1. The number of hydrogen-bond donors (Lipinski definition) is 3. The molecule has 1 heterocycles. The summed E-state index contributed by atoms with van der Waals surface area (Å²) >= 11 is 0. The molecule has 1 aromatic rings. The number of benzene rings is 1. The van der Waals surface area contributed by atoms with E-state index in [4.69, 9.17) is 0 Å². The van der Waals surface area contributed by atoms with E-state index < -0.39 is 6.10 Å². The number of piperidine rings is 1. The maximum atomic E-state index is 11.9. The third-order valence-electron chi connectivity index (χ3n) is 4.25. The van der Waals surface area contributed by atoms with E-state index in [1.807, 2.05) is 24.3 Å². The number of rotatable bonds is 6. The van der Waals surface area contributed by atoms with Crippen LogP contribution in [0.2, 0.25) is 0 Å². The minimum atomic E-state index is -0.526. The summed E-state index contributed by atoms with van der Waals surface area (Å²) in [4.78, 5) is 14.1. The van der Waals surface area contributed by atoms with Crippen molar-refractivity contribution in [3.8, 4) is 0 Å². The number of hydrogen-bond acceptors (Lipinski definition) is 3. The van der Waals surface area contributed by atoms with Gasteiger partial charge in [-0.15, -0.1) is 0 Å². The van der Waals surface area contributed by atoms with Crippen molar-refractivity contribution in [2.75, 3.05) is 31.5 Å². The summed E-state index contributed by atoms with van der Waals surface area (Å²) in [6, 6.07) is 7.56. The van der Waals surface area contributed by atoms with Crippen molar-refractivity contribution in [2.24, 2.45) is 0 Å². The number of carbonyl (C=O) groups is 1. The SMILES string of the molecule is CC(C)c1ccc(NC(=O)NCC(O)CN2CCCCC2)cc1. The average molecular weight is 319 g/mol. The molecule has 1 aliphatic rings. The fourth-order valence-electron chi connectivity index (χ4n) is 2.84. The Morgan fingerprint density at radius 3 is 2.43 bits per heavy atom. The van der Waals surface area contributed by atoms with Gasteiger partial charge in [-0.05, 0) is 49.5 Å². The first-order chi connectivity index (χ1) is 11.0. The highest BCUT2D eigenvalue weighted by atomic mass is 16.3. The van der Waals surface area contributed by atoms with Gasteiger partial charge in [0.25, 0.3) is 0 Å². The lowest BCUT2D eigenvalue weighted by atomic mass is 10.0. The molecule has 1 aromatic carbocycles. The molecular weight excluding hydrogens is 290 g/mol. The molecule has 5 heteroatoms. The first kappa shape index (κ1) is 17.8. The molecule has 0 aliphatic carbocycles. The summed E-state index contributed by atoms with van der Waals surface area (Å²) in [5, 5.41) is 15.6. The van der Waals surface area contributed by atoms with E-state index in [1.54, 1.807) is 0 Å². The molecule has 1 unspecified atom stereocenters. The normalized spacial score (nSPS) is 17.0. The minimum absolute atomic E-state index is 0.270. The summed E-state index contributed by atoms with van der Waals surface area (Å²) in [6.07, 6.45) is 3.16. The van der Waals surface area contributed by atoms with Gasteiger partial charge in [-0.1, -0.05) is 32.4 Å². The Kier molecular flexibility index (Phi) is 6.86. The zero-order valence-electron chi connectivity index (χ0n) is 14.2. The van der Waals surface area contributed by atoms with E-state index in [0.29, 0.717) is 12.5 Å². The molecular formula is C18H29N3O2. The van der Waals surface area contributed by atoms with Crippen molar-refractivity contribution >= 4 is 11.7 Å². The zero-order chi connectivity index (χ0) is 16.7. The van der Waals surface area contributed by atoms with Crippen LogP contribution >= 0.6 is 0 Å². The van der Waals surface area contributed by atoms with Gasteiger partial charge in [0.05, 0.1) is 6.10 Å². The van der Waals surface area contributed by atoms with Crippen LogP contribution in [0.4, 0.5) is 10.5 Å². The molecule has 5 nitrogen and oxygen atoms in total. The van der Waals surface area contributed by atoms with Crippen LogP contribution < -0.4 is 10.6 Å². The highest BCUT2D eigenvalue weighted by Gasteiger charge is 2.15. The smallest absolute Gasteiger partial charge is 0.319 e. The summed E-state index contributed by atoms with van der Waals surface area (Å²) in [6.45, 7) is 7.27. The Hall–Kier alpha value is -1.59. The molecule has 1 saturated heterocycles. The summed E-state index contributed by atoms with van der Waals surface area (Å²) < 4.78 is 0. The number of β-amino-alcohol motifs (C(OH)–C–C–N with tert-alkyl or cyclic N) is 1. The van der Waals surface area contributed by atoms with E-state index in [2.05, 4.69) is 29.4 Å². The number of aliphatic hydroxyl groups is 1. The average Bonchev–Trinajstić information content (AvgIpc) is 2.54. The predicted octanol–water partition coefficient (Wildman–Crippen LogP) is 2.78. The second-order valence-electron chi connectivity index (χ2n) is 6.63. The lowest BCUT2D eigenvalue weighted by Gasteiger charge is -2.28. The van der Waals surface area contributed by atoms with E-state index in [9.17, 15) is 9.90 Å². The van der Waals surface area contributed by atoms with Gasteiger partial charge in [-0.2, -0.15) is 0 Å². The van der Waals surface area contributed by atoms with Gasteiger partial charge >= 0.3 is 6.03 Å². The van der Waals surface area contributed by atoms with Crippen molar-refractivity contribution < 1.29 is 9.90 Å². The first-order valence-corrected chi connectivity index (χ1v) is 8.60. The van der Waals surface area contributed by atoms with E-state index in [1.165, 1.54) is 24.8 Å². The topological polar surface area (TPSA) is 64.6 Å². The number of amides is 2. The second kappa shape index (κ2) is 8.89. The highest BCUT2D eigenvalue weighted by molar-refractivity contribution is 5.89. The Bertz CT molecular complexity index is 482. The molecule has 1 aliphatic heterocycles. The molecule has 1 atom stereocenters. The number of carbonyl (C=O) groups excluding carboxylic acids is 1. The van der Waals surface area contributed by atoms with E-state index >= 15 is 0 Å². The Morgan fingerprint density at radius 1 is 1.17 bits per heavy atom. The standard InChI is InChI=1S/C18H29N3O2/c1-14(2)15-6-8-16(9-7-15)20-18(23)19-12-17(22)13-21-10-4-3-5-11-21/h6-9,14,17,22H,3-5,10-13H2,1-2H3,(H2,19,20,23). The van der Waals surface area contributed by atoms with Gasteiger partial charge in [0.15, 0.2) is 0 Å². The summed E-state index contributed by atoms with van der Waals surface area (Å²) in [7, 11) is 0. The number of nitrogens with zero attached hydrogens (tertiary/aromatic N) is 1. The number of anilines is 1. The molecule has 0 aromatic heterocycles. The van der Waals surface area contributed by atoms with Gasteiger partial charge in [0, 0.05) is 18.8 Å². The van der Waals surface area contributed by atoms with Crippen LogP contribution in [0.5, 0.6) is 0 Å². The Balaban J connectivity index is 1.69. The van der Waals surface area contributed by atoms with Crippen LogP contribution in [-0.4, -0.2) is 48.3 Å². The molecule has 1 fully saturated rings. The molecule has 0 bridgehead atoms. The number of nitrogens with one attached hydrogen (secondary N) is 2. The minimum Gasteiger partial charge on any atom is -0.390 e.